The average Bonchev–Trinajstić information content (AvgIpc) is 2.63. The highest BCUT2D eigenvalue weighted by Crippen LogP contribution is 2.37. The number of ether oxygens (including phenoxy) is 2. The van der Waals surface area contributed by atoms with Crippen LogP contribution in [0.3, 0.4) is 0 Å². The molecule has 1 fully saturated rings. The van der Waals surface area contributed by atoms with Gasteiger partial charge in [0.1, 0.15) is 5.82 Å². The van der Waals surface area contributed by atoms with Crippen LogP contribution in [-0.4, -0.2) is 26.3 Å². The molecule has 1 N–H and O–H groups in total. The molecule has 0 bridgehead atoms. The molecular weight excluding hydrogens is 233 g/mol. The van der Waals surface area contributed by atoms with Crippen LogP contribution >= 0.6 is 0 Å². The van der Waals surface area contributed by atoms with Crippen LogP contribution in [0.25, 0.3) is 0 Å². The van der Waals surface area contributed by atoms with Gasteiger partial charge in [0.2, 0.25) is 0 Å². The summed E-state index contributed by atoms with van der Waals surface area (Å²) in [5.74, 6) is 1.37. The van der Waals surface area contributed by atoms with Gasteiger partial charge in [-0.05, 0) is 43.5 Å². The van der Waals surface area contributed by atoms with Crippen molar-refractivity contribution in [1.29, 1.82) is 0 Å². The Hall–Kier alpha value is -1.29. The molecular formula is C14H18FNO2. The Morgan fingerprint density at radius 1 is 1.06 bits per heavy atom. The lowest BCUT2D eigenvalue weighted by atomic mass is 9.89. The zero-order chi connectivity index (χ0) is 12.4. The molecule has 0 spiro atoms. The summed E-state index contributed by atoms with van der Waals surface area (Å²) in [6.07, 6.45) is 2.81. The molecule has 3 nitrogen and oxygen atoms in total. The van der Waals surface area contributed by atoms with Crippen molar-refractivity contribution >= 4 is 0 Å². The van der Waals surface area contributed by atoms with Gasteiger partial charge < -0.3 is 14.8 Å². The van der Waals surface area contributed by atoms with Gasteiger partial charge in [-0.3, -0.25) is 0 Å². The summed E-state index contributed by atoms with van der Waals surface area (Å²) in [5.41, 5.74) is 0.778. The minimum atomic E-state index is -0.161. The van der Waals surface area contributed by atoms with Crippen LogP contribution in [-0.2, 0) is 0 Å². The van der Waals surface area contributed by atoms with E-state index in [9.17, 15) is 4.39 Å². The summed E-state index contributed by atoms with van der Waals surface area (Å²) >= 11 is 0. The van der Waals surface area contributed by atoms with Crippen molar-refractivity contribution < 1.29 is 13.9 Å². The van der Waals surface area contributed by atoms with E-state index in [-0.39, 0.29) is 5.82 Å². The van der Waals surface area contributed by atoms with E-state index in [2.05, 4.69) is 5.32 Å². The van der Waals surface area contributed by atoms with Crippen LogP contribution in [0.5, 0.6) is 11.5 Å². The van der Waals surface area contributed by atoms with Crippen LogP contribution in [0, 0.1) is 5.82 Å². The summed E-state index contributed by atoms with van der Waals surface area (Å²) in [5, 5.41) is 3.30. The van der Waals surface area contributed by atoms with Crippen molar-refractivity contribution in [2.45, 2.75) is 25.2 Å². The summed E-state index contributed by atoms with van der Waals surface area (Å²) in [7, 11) is 0. The minimum absolute atomic E-state index is 0.161. The predicted octanol–water partition coefficient (Wildman–Crippen LogP) is 2.45. The first kappa shape index (κ1) is 11.8. The molecule has 2 aliphatic rings. The first-order valence-electron chi connectivity index (χ1n) is 6.64. The fourth-order valence-electron chi connectivity index (χ4n) is 2.65. The summed E-state index contributed by atoms with van der Waals surface area (Å²) in [6, 6.07) is 3.32. The highest BCUT2D eigenvalue weighted by Gasteiger charge is 2.22. The van der Waals surface area contributed by atoms with Gasteiger partial charge >= 0.3 is 0 Å². The zero-order valence-corrected chi connectivity index (χ0v) is 10.4. The number of halogens is 1. The molecule has 0 aliphatic carbocycles. The van der Waals surface area contributed by atoms with Crippen LogP contribution in [0.2, 0.25) is 0 Å². The number of nitrogens with one attached hydrogen (secondary N) is 1. The lowest BCUT2D eigenvalue weighted by molar-refractivity contribution is 0.296. The fourth-order valence-corrected chi connectivity index (χ4v) is 2.65. The van der Waals surface area contributed by atoms with Gasteiger partial charge in [-0.2, -0.15) is 0 Å². The predicted molar refractivity (Wildman–Crippen MR) is 66.9 cm³/mol. The highest BCUT2D eigenvalue weighted by atomic mass is 19.1. The Kier molecular flexibility index (Phi) is 3.37. The lowest BCUT2D eigenvalue weighted by Crippen LogP contribution is -2.27. The molecule has 1 saturated heterocycles. The molecule has 0 unspecified atom stereocenters. The van der Waals surface area contributed by atoms with E-state index in [4.69, 9.17) is 9.47 Å². The van der Waals surface area contributed by atoms with Crippen LogP contribution in [0.1, 0.15) is 30.7 Å². The van der Waals surface area contributed by atoms with Gasteiger partial charge in [0.15, 0.2) is 11.5 Å². The van der Waals surface area contributed by atoms with Gasteiger partial charge in [-0.15, -0.1) is 0 Å². The third-order valence-electron chi connectivity index (χ3n) is 3.65. The molecule has 4 heteroatoms. The smallest absolute Gasteiger partial charge is 0.164 e. The van der Waals surface area contributed by atoms with Gasteiger partial charge in [0.25, 0.3) is 0 Å². The van der Waals surface area contributed by atoms with Gasteiger partial charge in [-0.25, -0.2) is 4.39 Å². The molecule has 0 aromatic heterocycles. The summed E-state index contributed by atoms with van der Waals surface area (Å²) < 4.78 is 25.3. The monoisotopic (exact) mass is 251 g/mol. The van der Waals surface area contributed by atoms with Crippen molar-refractivity contribution in [2.75, 3.05) is 26.3 Å². The van der Waals surface area contributed by atoms with Crippen molar-refractivity contribution in [2.24, 2.45) is 0 Å². The van der Waals surface area contributed by atoms with Crippen molar-refractivity contribution in [3.05, 3.63) is 23.5 Å². The number of hydrogen-bond donors (Lipinski definition) is 1. The molecule has 3 rings (SSSR count). The number of rotatable bonds is 1. The number of piperidine rings is 1. The van der Waals surface area contributed by atoms with E-state index in [1.54, 1.807) is 0 Å². The Labute approximate surface area is 106 Å². The molecule has 0 atom stereocenters. The molecule has 1 aromatic carbocycles. The number of hydrogen-bond acceptors (Lipinski definition) is 3. The van der Waals surface area contributed by atoms with E-state index in [1.165, 1.54) is 6.07 Å². The van der Waals surface area contributed by atoms with Crippen LogP contribution in [0.15, 0.2) is 12.1 Å². The molecule has 0 amide bonds. The Bertz CT molecular complexity index is 430. The third-order valence-corrected chi connectivity index (χ3v) is 3.65. The topological polar surface area (TPSA) is 30.5 Å². The Morgan fingerprint density at radius 3 is 2.44 bits per heavy atom. The Balaban J connectivity index is 1.92. The SMILES string of the molecule is Fc1cc2c(cc1C1CCNCC1)OCCCO2. The standard InChI is InChI=1S/C14H18FNO2/c15-12-9-14-13(17-6-1-7-18-14)8-11(12)10-2-4-16-5-3-10/h8-10,16H,1-7H2. The molecule has 0 saturated carbocycles. The van der Waals surface area contributed by atoms with Crippen molar-refractivity contribution in [3.63, 3.8) is 0 Å². The van der Waals surface area contributed by atoms with E-state index in [0.29, 0.717) is 30.6 Å². The first-order chi connectivity index (χ1) is 8.84. The maximum atomic E-state index is 14.1. The average molecular weight is 251 g/mol. The normalized spacial score (nSPS) is 20.5. The second kappa shape index (κ2) is 5.14. The summed E-state index contributed by atoms with van der Waals surface area (Å²) in [4.78, 5) is 0. The van der Waals surface area contributed by atoms with Gasteiger partial charge in [0.05, 0.1) is 13.2 Å². The molecule has 1 aromatic rings. The highest BCUT2D eigenvalue weighted by molar-refractivity contribution is 5.45. The molecule has 2 aliphatic heterocycles. The van der Waals surface area contributed by atoms with Gasteiger partial charge in [-0.1, -0.05) is 0 Å². The largest absolute Gasteiger partial charge is 0.490 e. The van der Waals surface area contributed by atoms with Crippen LogP contribution in [0.4, 0.5) is 4.39 Å². The fraction of sp³-hybridized carbons (Fsp3) is 0.571. The maximum Gasteiger partial charge on any atom is 0.164 e. The second-order valence-electron chi connectivity index (χ2n) is 4.90. The third kappa shape index (κ3) is 2.29. The number of fused-ring (bicyclic) bond motifs is 1. The van der Waals surface area contributed by atoms with E-state index in [1.807, 2.05) is 6.07 Å². The Morgan fingerprint density at radius 2 is 1.72 bits per heavy atom. The van der Waals surface area contributed by atoms with Gasteiger partial charge in [0, 0.05) is 12.5 Å². The second-order valence-corrected chi connectivity index (χ2v) is 4.90. The quantitative estimate of drug-likeness (QED) is 0.831. The van der Waals surface area contributed by atoms with Crippen LogP contribution < -0.4 is 14.8 Å². The maximum absolute atomic E-state index is 14.1. The molecule has 0 radical (unpaired) electrons. The minimum Gasteiger partial charge on any atom is -0.490 e. The van der Waals surface area contributed by atoms with E-state index < -0.39 is 0 Å². The van der Waals surface area contributed by atoms with Crippen molar-refractivity contribution in [3.8, 4) is 11.5 Å². The van der Waals surface area contributed by atoms with Crippen molar-refractivity contribution in [1.82, 2.24) is 5.32 Å². The summed E-state index contributed by atoms with van der Waals surface area (Å²) in [6.45, 7) is 3.15. The molecule has 98 valence electrons. The van der Waals surface area contributed by atoms with E-state index in [0.717, 1.165) is 37.9 Å². The zero-order valence-electron chi connectivity index (χ0n) is 10.4. The lowest BCUT2D eigenvalue weighted by Gasteiger charge is -2.24. The molecule has 18 heavy (non-hydrogen) atoms. The number of benzene rings is 1. The molecule has 2 heterocycles. The first-order valence-corrected chi connectivity index (χ1v) is 6.64. The van der Waals surface area contributed by atoms with E-state index >= 15 is 0 Å².